The minimum Gasteiger partial charge on any atom is -0.377 e. The van der Waals surface area contributed by atoms with Crippen LogP contribution in [-0.4, -0.2) is 74.2 Å². The van der Waals surface area contributed by atoms with E-state index in [9.17, 15) is 4.79 Å². The smallest absolute Gasteiger partial charge is 0.222 e. The molecule has 1 N–H and O–H groups in total. The first-order chi connectivity index (χ1) is 11.3. The molecule has 0 aromatic heterocycles. The first-order valence-corrected chi connectivity index (χ1v) is 9.64. The minimum atomic E-state index is 0.354. The monoisotopic (exact) mass is 323 g/mol. The van der Waals surface area contributed by atoms with E-state index in [2.05, 4.69) is 15.1 Å². The Balaban J connectivity index is 1.26. The van der Waals surface area contributed by atoms with Gasteiger partial charge in [-0.1, -0.05) is 0 Å². The van der Waals surface area contributed by atoms with Gasteiger partial charge in [0.2, 0.25) is 5.91 Å². The number of piperidine rings is 1. The van der Waals surface area contributed by atoms with Gasteiger partial charge in [-0.05, 0) is 70.6 Å². The van der Waals surface area contributed by atoms with Gasteiger partial charge in [-0.15, -0.1) is 0 Å². The molecule has 3 rings (SSSR count). The molecular formula is C18H33N3O2. The number of hydrogen-bond donors (Lipinski definition) is 1. The Morgan fingerprint density at radius 3 is 2.57 bits per heavy atom. The van der Waals surface area contributed by atoms with Crippen molar-refractivity contribution in [1.82, 2.24) is 15.1 Å². The molecule has 3 fully saturated rings. The molecule has 0 aromatic carbocycles. The van der Waals surface area contributed by atoms with Gasteiger partial charge in [0, 0.05) is 26.1 Å². The Hall–Kier alpha value is -0.650. The predicted molar refractivity (Wildman–Crippen MR) is 91.4 cm³/mol. The molecule has 3 heterocycles. The summed E-state index contributed by atoms with van der Waals surface area (Å²) in [5.41, 5.74) is 0. The number of ether oxygens (including phenoxy) is 1. The van der Waals surface area contributed by atoms with Crippen molar-refractivity contribution in [3.05, 3.63) is 0 Å². The number of nitrogens with one attached hydrogen (secondary N) is 1. The fourth-order valence-corrected chi connectivity index (χ4v) is 4.07. The van der Waals surface area contributed by atoms with Crippen LogP contribution in [0, 0.1) is 5.92 Å². The largest absolute Gasteiger partial charge is 0.377 e. The van der Waals surface area contributed by atoms with Crippen molar-refractivity contribution in [3.63, 3.8) is 0 Å². The molecular weight excluding hydrogens is 290 g/mol. The van der Waals surface area contributed by atoms with Crippen LogP contribution in [0.15, 0.2) is 0 Å². The third-order valence-electron chi connectivity index (χ3n) is 5.68. The molecule has 0 radical (unpaired) electrons. The molecule has 0 spiro atoms. The van der Waals surface area contributed by atoms with Crippen molar-refractivity contribution in [2.75, 3.05) is 52.4 Å². The summed E-state index contributed by atoms with van der Waals surface area (Å²) in [4.78, 5) is 16.9. The molecule has 23 heavy (non-hydrogen) atoms. The van der Waals surface area contributed by atoms with E-state index in [1.54, 1.807) is 0 Å². The second-order valence-corrected chi connectivity index (χ2v) is 7.40. The van der Waals surface area contributed by atoms with Crippen LogP contribution in [0.5, 0.6) is 0 Å². The van der Waals surface area contributed by atoms with Gasteiger partial charge in [0.05, 0.1) is 12.7 Å². The average molecular weight is 323 g/mol. The van der Waals surface area contributed by atoms with E-state index >= 15 is 0 Å². The molecule has 1 amide bonds. The van der Waals surface area contributed by atoms with Crippen LogP contribution in [0.2, 0.25) is 0 Å². The predicted octanol–water partition coefficient (Wildman–Crippen LogP) is 1.48. The molecule has 0 saturated carbocycles. The van der Waals surface area contributed by atoms with Gasteiger partial charge < -0.3 is 19.9 Å². The fraction of sp³-hybridized carbons (Fsp3) is 0.944. The quantitative estimate of drug-likeness (QED) is 0.771. The van der Waals surface area contributed by atoms with Gasteiger partial charge >= 0.3 is 0 Å². The van der Waals surface area contributed by atoms with Gasteiger partial charge in [-0.3, -0.25) is 4.79 Å². The van der Waals surface area contributed by atoms with Gasteiger partial charge in [-0.2, -0.15) is 0 Å². The summed E-state index contributed by atoms with van der Waals surface area (Å²) in [5, 5.41) is 3.38. The number of carbonyl (C=O) groups is 1. The van der Waals surface area contributed by atoms with Crippen molar-refractivity contribution in [1.29, 1.82) is 0 Å². The first kappa shape index (κ1) is 17.2. The summed E-state index contributed by atoms with van der Waals surface area (Å²) < 4.78 is 6.03. The molecule has 3 saturated heterocycles. The molecule has 5 heteroatoms. The second kappa shape index (κ2) is 9.00. The molecule has 0 aliphatic carbocycles. The number of nitrogens with zero attached hydrogens (tertiary/aromatic N) is 2. The van der Waals surface area contributed by atoms with E-state index in [1.165, 1.54) is 32.4 Å². The first-order valence-electron chi connectivity index (χ1n) is 9.64. The highest BCUT2D eigenvalue weighted by Crippen LogP contribution is 2.18. The zero-order valence-electron chi connectivity index (χ0n) is 14.5. The summed E-state index contributed by atoms with van der Waals surface area (Å²) >= 11 is 0. The fourth-order valence-electron chi connectivity index (χ4n) is 4.07. The van der Waals surface area contributed by atoms with Crippen molar-refractivity contribution < 1.29 is 9.53 Å². The maximum absolute atomic E-state index is 12.3. The van der Waals surface area contributed by atoms with Gasteiger partial charge in [0.25, 0.3) is 0 Å². The summed E-state index contributed by atoms with van der Waals surface area (Å²) in [6.45, 7) is 8.41. The van der Waals surface area contributed by atoms with Gasteiger partial charge in [-0.25, -0.2) is 0 Å². The standard InChI is InChI=1S/C18H33N3O2/c22-18(4-3-16-5-8-19-15-16)21-11-6-17(7-12-21)23-14-13-20-9-1-2-10-20/h16-17,19H,1-15H2. The molecule has 132 valence electrons. The Kier molecular flexibility index (Phi) is 6.72. The zero-order chi connectivity index (χ0) is 15.9. The van der Waals surface area contributed by atoms with E-state index in [0.29, 0.717) is 17.9 Å². The Morgan fingerprint density at radius 2 is 1.87 bits per heavy atom. The lowest BCUT2D eigenvalue weighted by Crippen LogP contribution is -2.41. The Labute approximate surface area is 140 Å². The Morgan fingerprint density at radius 1 is 1.09 bits per heavy atom. The number of likely N-dealkylation sites (tertiary alicyclic amines) is 2. The highest BCUT2D eigenvalue weighted by Gasteiger charge is 2.24. The maximum atomic E-state index is 12.3. The SMILES string of the molecule is O=C(CCC1CCNC1)N1CCC(OCCN2CCCC2)CC1. The lowest BCUT2D eigenvalue weighted by Gasteiger charge is -2.32. The molecule has 0 aromatic rings. The summed E-state index contributed by atoms with van der Waals surface area (Å²) in [5.74, 6) is 1.07. The van der Waals surface area contributed by atoms with Crippen LogP contribution >= 0.6 is 0 Å². The van der Waals surface area contributed by atoms with Crippen molar-refractivity contribution in [2.24, 2.45) is 5.92 Å². The Bertz CT molecular complexity index is 357. The molecule has 1 atom stereocenters. The van der Waals surface area contributed by atoms with E-state index in [-0.39, 0.29) is 0 Å². The summed E-state index contributed by atoms with van der Waals surface area (Å²) in [7, 11) is 0. The average Bonchev–Trinajstić information content (AvgIpc) is 3.27. The van der Waals surface area contributed by atoms with Gasteiger partial charge in [0.1, 0.15) is 0 Å². The molecule has 1 unspecified atom stereocenters. The maximum Gasteiger partial charge on any atom is 0.222 e. The van der Waals surface area contributed by atoms with Crippen molar-refractivity contribution >= 4 is 5.91 Å². The van der Waals surface area contributed by atoms with E-state index in [0.717, 1.165) is 65.0 Å². The molecule has 0 bridgehead atoms. The summed E-state index contributed by atoms with van der Waals surface area (Å²) in [6.07, 6.45) is 8.09. The van der Waals surface area contributed by atoms with Crippen LogP contribution in [-0.2, 0) is 9.53 Å². The normalized spacial score (nSPS) is 27.0. The van der Waals surface area contributed by atoms with E-state index in [4.69, 9.17) is 4.74 Å². The zero-order valence-corrected chi connectivity index (χ0v) is 14.5. The van der Waals surface area contributed by atoms with Crippen molar-refractivity contribution in [3.8, 4) is 0 Å². The number of carbonyl (C=O) groups excluding carboxylic acids is 1. The lowest BCUT2D eigenvalue weighted by molar-refractivity contribution is -0.134. The highest BCUT2D eigenvalue weighted by molar-refractivity contribution is 5.76. The second-order valence-electron chi connectivity index (χ2n) is 7.40. The topological polar surface area (TPSA) is 44.8 Å². The third-order valence-corrected chi connectivity index (χ3v) is 5.68. The third kappa shape index (κ3) is 5.44. The summed E-state index contributed by atoms with van der Waals surface area (Å²) in [6, 6.07) is 0. The van der Waals surface area contributed by atoms with Gasteiger partial charge in [0.15, 0.2) is 0 Å². The van der Waals surface area contributed by atoms with Crippen LogP contribution < -0.4 is 5.32 Å². The van der Waals surface area contributed by atoms with E-state index in [1.807, 2.05) is 0 Å². The van der Waals surface area contributed by atoms with Crippen LogP contribution in [0.25, 0.3) is 0 Å². The minimum absolute atomic E-state index is 0.354. The lowest BCUT2D eigenvalue weighted by atomic mass is 10.0. The van der Waals surface area contributed by atoms with Crippen LogP contribution in [0.4, 0.5) is 0 Å². The number of amides is 1. The molecule has 5 nitrogen and oxygen atoms in total. The number of hydrogen-bond acceptors (Lipinski definition) is 4. The van der Waals surface area contributed by atoms with Crippen molar-refractivity contribution in [2.45, 2.75) is 51.0 Å². The molecule has 3 aliphatic heterocycles. The van der Waals surface area contributed by atoms with E-state index < -0.39 is 0 Å². The van der Waals surface area contributed by atoms with Crippen LogP contribution in [0.3, 0.4) is 0 Å². The number of rotatable bonds is 7. The highest BCUT2D eigenvalue weighted by atomic mass is 16.5. The van der Waals surface area contributed by atoms with Crippen LogP contribution in [0.1, 0.15) is 44.9 Å². The molecule has 3 aliphatic rings.